The van der Waals surface area contributed by atoms with Crippen molar-refractivity contribution < 1.29 is 4.74 Å². The molecule has 0 aromatic carbocycles. The van der Waals surface area contributed by atoms with Gasteiger partial charge >= 0.3 is 0 Å². The molecule has 0 aliphatic rings. The molecule has 0 radical (unpaired) electrons. The maximum atomic E-state index is 5.71. The molecule has 5 heteroatoms. The number of rotatable bonds is 6. The zero-order chi connectivity index (χ0) is 14.5. The van der Waals surface area contributed by atoms with Gasteiger partial charge in [0.15, 0.2) is 0 Å². The molecule has 2 aromatic heterocycles. The van der Waals surface area contributed by atoms with Crippen molar-refractivity contribution in [2.24, 2.45) is 7.05 Å². The molecule has 0 aliphatic heterocycles. The van der Waals surface area contributed by atoms with Crippen LogP contribution >= 0.6 is 0 Å². The van der Waals surface area contributed by atoms with E-state index in [0.29, 0.717) is 0 Å². The van der Waals surface area contributed by atoms with Gasteiger partial charge in [0.25, 0.3) is 0 Å². The predicted octanol–water partition coefficient (Wildman–Crippen LogP) is 2.30. The van der Waals surface area contributed by atoms with Crippen molar-refractivity contribution in [3.05, 3.63) is 42.0 Å². The predicted molar refractivity (Wildman–Crippen MR) is 78.7 cm³/mol. The van der Waals surface area contributed by atoms with E-state index in [2.05, 4.69) is 22.3 Å². The van der Waals surface area contributed by atoms with Gasteiger partial charge in [-0.2, -0.15) is 5.10 Å². The van der Waals surface area contributed by atoms with Gasteiger partial charge in [-0.15, -0.1) is 0 Å². The molecule has 1 unspecified atom stereocenters. The third-order valence-corrected chi connectivity index (χ3v) is 2.91. The number of nitrogens with zero attached hydrogens (tertiary/aromatic N) is 3. The number of hydrogen-bond donors (Lipinski definition) is 1. The quantitative estimate of drug-likeness (QED) is 0.878. The van der Waals surface area contributed by atoms with Crippen LogP contribution in [-0.4, -0.2) is 27.4 Å². The van der Waals surface area contributed by atoms with Crippen LogP contribution in [0, 0.1) is 0 Å². The van der Waals surface area contributed by atoms with Gasteiger partial charge in [-0.3, -0.25) is 9.67 Å². The Labute approximate surface area is 120 Å². The van der Waals surface area contributed by atoms with Crippen LogP contribution in [0.15, 0.2) is 30.9 Å². The second-order valence-corrected chi connectivity index (χ2v) is 5.06. The normalized spacial score (nSPS) is 12.7. The second-order valence-electron chi connectivity index (χ2n) is 5.06. The lowest BCUT2D eigenvalue weighted by Crippen LogP contribution is -2.22. The number of nitrogens with one attached hydrogen (secondary N) is 1. The van der Waals surface area contributed by atoms with E-state index in [1.807, 2.05) is 50.2 Å². The van der Waals surface area contributed by atoms with Crippen molar-refractivity contribution in [1.29, 1.82) is 0 Å². The summed E-state index contributed by atoms with van der Waals surface area (Å²) in [6.45, 7) is 6.98. The number of hydrogen-bond acceptors (Lipinski definition) is 4. The van der Waals surface area contributed by atoms with Crippen LogP contribution in [0.4, 0.5) is 0 Å². The number of aryl methyl sites for hydroxylation is 1. The first-order valence-corrected chi connectivity index (χ1v) is 6.93. The van der Waals surface area contributed by atoms with Crippen LogP contribution < -0.4 is 10.1 Å². The zero-order valence-electron chi connectivity index (χ0n) is 12.5. The van der Waals surface area contributed by atoms with Crippen molar-refractivity contribution >= 4 is 0 Å². The van der Waals surface area contributed by atoms with E-state index >= 15 is 0 Å². The molecular formula is C15H22N4O. The molecule has 0 amide bonds. The highest BCUT2D eigenvalue weighted by Gasteiger charge is 2.16. The molecule has 20 heavy (non-hydrogen) atoms. The highest BCUT2D eigenvalue weighted by molar-refractivity contribution is 5.32. The van der Waals surface area contributed by atoms with E-state index in [9.17, 15) is 0 Å². The molecule has 2 heterocycles. The summed E-state index contributed by atoms with van der Waals surface area (Å²) in [5, 5.41) is 7.70. The van der Waals surface area contributed by atoms with Gasteiger partial charge in [0, 0.05) is 25.0 Å². The van der Waals surface area contributed by atoms with Gasteiger partial charge in [-0.25, -0.2) is 0 Å². The van der Waals surface area contributed by atoms with E-state index in [1.54, 1.807) is 6.20 Å². The Balaban J connectivity index is 2.29. The zero-order valence-corrected chi connectivity index (χ0v) is 12.5. The molecule has 0 aliphatic carbocycles. The van der Waals surface area contributed by atoms with Crippen molar-refractivity contribution in [1.82, 2.24) is 20.1 Å². The summed E-state index contributed by atoms with van der Waals surface area (Å²) in [7, 11) is 1.92. The minimum atomic E-state index is 0.0805. The van der Waals surface area contributed by atoms with E-state index < -0.39 is 0 Å². The fourth-order valence-electron chi connectivity index (χ4n) is 2.15. The Kier molecular flexibility index (Phi) is 4.74. The van der Waals surface area contributed by atoms with E-state index in [1.165, 1.54) is 0 Å². The monoisotopic (exact) mass is 274 g/mol. The summed E-state index contributed by atoms with van der Waals surface area (Å²) in [6.07, 6.45) is 7.65. The molecule has 108 valence electrons. The lowest BCUT2D eigenvalue weighted by Gasteiger charge is -2.18. The first-order valence-electron chi connectivity index (χ1n) is 6.93. The Hall–Kier alpha value is -1.88. The number of pyridine rings is 1. The number of aromatic nitrogens is 3. The van der Waals surface area contributed by atoms with Crippen LogP contribution in [0.2, 0.25) is 0 Å². The van der Waals surface area contributed by atoms with Crippen LogP contribution in [0.25, 0.3) is 0 Å². The van der Waals surface area contributed by atoms with Gasteiger partial charge in [0.1, 0.15) is 5.75 Å². The Morgan fingerprint density at radius 1 is 1.25 bits per heavy atom. The largest absolute Gasteiger partial charge is 0.489 e. The summed E-state index contributed by atoms with van der Waals surface area (Å²) in [5.41, 5.74) is 2.20. The minimum Gasteiger partial charge on any atom is -0.489 e. The topological polar surface area (TPSA) is 52.0 Å². The van der Waals surface area contributed by atoms with Gasteiger partial charge in [-0.1, -0.05) is 6.92 Å². The smallest absolute Gasteiger partial charge is 0.138 e. The van der Waals surface area contributed by atoms with Crippen molar-refractivity contribution in [2.75, 3.05) is 6.54 Å². The van der Waals surface area contributed by atoms with Gasteiger partial charge in [0.05, 0.1) is 24.5 Å². The lowest BCUT2D eigenvalue weighted by molar-refractivity contribution is 0.241. The van der Waals surface area contributed by atoms with Gasteiger partial charge in [-0.05, 0) is 32.0 Å². The fraction of sp³-hybridized carbons (Fsp3) is 0.467. The third-order valence-electron chi connectivity index (χ3n) is 2.91. The lowest BCUT2D eigenvalue weighted by atomic mass is 10.0. The van der Waals surface area contributed by atoms with E-state index in [4.69, 9.17) is 4.74 Å². The molecular weight excluding hydrogens is 252 g/mol. The molecule has 2 rings (SSSR count). The summed E-state index contributed by atoms with van der Waals surface area (Å²) >= 11 is 0. The summed E-state index contributed by atoms with van der Waals surface area (Å²) in [5.74, 6) is 0.796. The molecule has 1 N–H and O–H groups in total. The molecule has 0 bridgehead atoms. The Bertz CT molecular complexity index is 550. The summed E-state index contributed by atoms with van der Waals surface area (Å²) < 4.78 is 7.52. The van der Waals surface area contributed by atoms with E-state index in [-0.39, 0.29) is 12.1 Å². The molecule has 0 spiro atoms. The van der Waals surface area contributed by atoms with Crippen molar-refractivity contribution in [3.63, 3.8) is 0 Å². The standard InChI is InChI=1S/C15H22N4O/c1-5-17-15(13-8-18-19(4)10-13)12-6-14(9-16-7-12)20-11(2)3/h6-11,15,17H,5H2,1-4H3. The minimum absolute atomic E-state index is 0.0805. The van der Waals surface area contributed by atoms with Crippen molar-refractivity contribution in [3.8, 4) is 5.75 Å². The molecule has 1 atom stereocenters. The Morgan fingerprint density at radius 2 is 2.05 bits per heavy atom. The molecule has 5 nitrogen and oxygen atoms in total. The molecule has 2 aromatic rings. The van der Waals surface area contributed by atoms with Gasteiger partial charge in [0.2, 0.25) is 0 Å². The van der Waals surface area contributed by atoms with E-state index in [0.717, 1.165) is 23.4 Å². The average Bonchev–Trinajstić information content (AvgIpc) is 2.82. The number of ether oxygens (including phenoxy) is 1. The fourth-order valence-corrected chi connectivity index (χ4v) is 2.15. The molecule has 0 saturated heterocycles. The maximum Gasteiger partial charge on any atom is 0.138 e. The molecule has 0 saturated carbocycles. The van der Waals surface area contributed by atoms with Crippen LogP contribution in [-0.2, 0) is 7.05 Å². The van der Waals surface area contributed by atoms with Crippen LogP contribution in [0.5, 0.6) is 5.75 Å². The average molecular weight is 274 g/mol. The Morgan fingerprint density at radius 3 is 2.65 bits per heavy atom. The second kappa shape index (κ2) is 6.52. The maximum absolute atomic E-state index is 5.71. The third kappa shape index (κ3) is 3.57. The first-order chi connectivity index (χ1) is 9.60. The van der Waals surface area contributed by atoms with Crippen LogP contribution in [0.3, 0.4) is 0 Å². The van der Waals surface area contributed by atoms with Crippen molar-refractivity contribution in [2.45, 2.75) is 32.9 Å². The first kappa shape index (κ1) is 14.5. The molecule has 0 fully saturated rings. The highest BCUT2D eigenvalue weighted by Crippen LogP contribution is 2.24. The van der Waals surface area contributed by atoms with Crippen LogP contribution in [0.1, 0.15) is 37.9 Å². The summed E-state index contributed by atoms with van der Waals surface area (Å²) in [6, 6.07) is 2.12. The summed E-state index contributed by atoms with van der Waals surface area (Å²) in [4.78, 5) is 4.28. The van der Waals surface area contributed by atoms with Gasteiger partial charge < -0.3 is 10.1 Å². The highest BCUT2D eigenvalue weighted by atomic mass is 16.5. The SMILES string of the molecule is CCNC(c1cncc(OC(C)C)c1)c1cnn(C)c1.